The third kappa shape index (κ3) is 3.70. The number of nitrogen functional groups attached to an aromatic ring is 1. The lowest BCUT2D eigenvalue weighted by Crippen LogP contribution is -2.28. The van der Waals surface area contributed by atoms with Crippen molar-refractivity contribution in [1.29, 1.82) is 0 Å². The average molecular weight is 233 g/mol. The number of aromatic nitrogens is 1. The van der Waals surface area contributed by atoms with E-state index in [1.54, 1.807) is 6.20 Å². The molecule has 0 bridgehead atoms. The lowest BCUT2D eigenvalue weighted by Gasteiger charge is -2.23. The van der Waals surface area contributed by atoms with Crippen LogP contribution in [0.1, 0.15) is 38.7 Å². The quantitative estimate of drug-likeness (QED) is 0.821. The first kappa shape index (κ1) is 12.4. The maximum atomic E-state index is 5.91. The molecule has 0 radical (unpaired) electrons. The van der Waals surface area contributed by atoms with Crippen LogP contribution in [0.15, 0.2) is 18.3 Å². The summed E-state index contributed by atoms with van der Waals surface area (Å²) >= 11 is 0. The summed E-state index contributed by atoms with van der Waals surface area (Å²) in [6.07, 6.45) is 5.71. The monoisotopic (exact) mass is 233 g/mol. The second-order valence-electron chi connectivity index (χ2n) is 5.43. The Hall–Kier alpha value is -1.09. The van der Waals surface area contributed by atoms with E-state index in [4.69, 9.17) is 5.73 Å². The van der Waals surface area contributed by atoms with Gasteiger partial charge >= 0.3 is 0 Å². The molecular weight excluding hydrogens is 210 g/mol. The van der Waals surface area contributed by atoms with Crippen molar-refractivity contribution in [2.24, 2.45) is 5.92 Å². The highest BCUT2D eigenvalue weighted by atomic mass is 15.2. The zero-order valence-electron chi connectivity index (χ0n) is 10.9. The van der Waals surface area contributed by atoms with Crippen molar-refractivity contribution in [3.05, 3.63) is 23.9 Å². The van der Waals surface area contributed by atoms with Crippen LogP contribution in [-0.4, -0.2) is 22.5 Å². The van der Waals surface area contributed by atoms with E-state index >= 15 is 0 Å². The summed E-state index contributed by atoms with van der Waals surface area (Å²) in [5.74, 6) is 1.45. The number of anilines is 1. The Labute approximate surface area is 104 Å². The molecule has 2 rings (SSSR count). The molecule has 94 valence electrons. The topological polar surface area (TPSA) is 42.2 Å². The molecule has 1 aromatic heterocycles. The Morgan fingerprint density at radius 2 is 2.24 bits per heavy atom. The smallest absolute Gasteiger partial charge is 0.127 e. The average Bonchev–Trinajstić information content (AvgIpc) is 3.10. The molecule has 3 heteroatoms. The molecule has 0 atom stereocenters. The Morgan fingerprint density at radius 3 is 2.82 bits per heavy atom. The molecule has 1 aromatic rings. The summed E-state index contributed by atoms with van der Waals surface area (Å²) < 4.78 is 0. The number of hydrogen-bond donors (Lipinski definition) is 1. The first-order valence-corrected chi connectivity index (χ1v) is 6.60. The summed E-state index contributed by atoms with van der Waals surface area (Å²) in [6, 6.07) is 4.85. The maximum Gasteiger partial charge on any atom is 0.127 e. The van der Waals surface area contributed by atoms with Gasteiger partial charge in [0, 0.05) is 24.3 Å². The molecule has 1 aliphatic rings. The molecule has 17 heavy (non-hydrogen) atoms. The van der Waals surface area contributed by atoms with Gasteiger partial charge in [0.25, 0.3) is 0 Å². The first-order chi connectivity index (χ1) is 8.16. The number of hydrogen-bond acceptors (Lipinski definition) is 3. The van der Waals surface area contributed by atoms with Gasteiger partial charge in [-0.25, -0.2) is 4.98 Å². The van der Waals surface area contributed by atoms with Gasteiger partial charge in [-0.1, -0.05) is 19.9 Å². The lowest BCUT2D eigenvalue weighted by molar-refractivity contribution is 0.239. The molecule has 0 amide bonds. The second-order valence-corrected chi connectivity index (χ2v) is 5.43. The third-order valence-electron chi connectivity index (χ3n) is 3.36. The number of nitrogens with zero attached hydrogens (tertiary/aromatic N) is 2. The molecule has 0 unspecified atom stereocenters. The zero-order chi connectivity index (χ0) is 12.3. The van der Waals surface area contributed by atoms with Crippen LogP contribution < -0.4 is 5.73 Å². The van der Waals surface area contributed by atoms with Gasteiger partial charge in [-0.2, -0.15) is 0 Å². The van der Waals surface area contributed by atoms with E-state index in [1.165, 1.54) is 31.4 Å². The van der Waals surface area contributed by atoms with E-state index in [0.29, 0.717) is 5.82 Å². The fourth-order valence-corrected chi connectivity index (χ4v) is 2.06. The van der Waals surface area contributed by atoms with E-state index in [2.05, 4.69) is 29.8 Å². The van der Waals surface area contributed by atoms with Gasteiger partial charge in [0.05, 0.1) is 0 Å². The molecule has 1 fully saturated rings. The lowest BCUT2D eigenvalue weighted by atomic mass is 10.1. The van der Waals surface area contributed by atoms with Crippen LogP contribution in [0.2, 0.25) is 0 Å². The van der Waals surface area contributed by atoms with Crippen molar-refractivity contribution < 1.29 is 0 Å². The van der Waals surface area contributed by atoms with Gasteiger partial charge in [0.1, 0.15) is 5.82 Å². The van der Waals surface area contributed by atoms with E-state index < -0.39 is 0 Å². The molecule has 1 aliphatic carbocycles. The number of nitrogens with two attached hydrogens (primary N) is 1. The normalized spacial score (nSPS) is 15.8. The van der Waals surface area contributed by atoms with Crippen LogP contribution in [0.3, 0.4) is 0 Å². The van der Waals surface area contributed by atoms with Crippen molar-refractivity contribution >= 4 is 5.82 Å². The molecular formula is C14H23N3. The Morgan fingerprint density at radius 1 is 1.47 bits per heavy atom. The zero-order valence-corrected chi connectivity index (χ0v) is 10.9. The minimum absolute atomic E-state index is 0.683. The van der Waals surface area contributed by atoms with E-state index in [1.807, 2.05) is 6.07 Å². The van der Waals surface area contributed by atoms with Crippen LogP contribution in [0.25, 0.3) is 0 Å². The Balaban J connectivity index is 1.95. The summed E-state index contributed by atoms with van der Waals surface area (Å²) in [7, 11) is 0. The minimum Gasteiger partial charge on any atom is -0.383 e. The number of rotatable bonds is 6. The van der Waals surface area contributed by atoms with Crippen molar-refractivity contribution in [1.82, 2.24) is 9.88 Å². The van der Waals surface area contributed by atoms with Crippen LogP contribution in [0.4, 0.5) is 5.82 Å². The number of pyridine rings is 1. The van der Waals surface area contributed by atoms with Gasteiger partial charge in [-0.15, -0.1) is 0 Å². The molecule has 0 aliphatic heterocycles. The van der Waals surface area contributed by atoms with E-state index in [9.17, 15) is 0 Å². The van der Waals surface area contributed by atoms with Crippen molar-refractivity contribution in [3.8, 4) is 0 Å². The third-order valence-corrected chi connectivity index (χ3v) is 3.36. The highest BCUT2D eigenvalue weighted by Gasteiger charge is 2.29. The molecule has 0 aromatic carbocycles. The van der Waals surface area contributed by atoms with Gasteiger partial charge in [-0.05, 0) is 37.8 Å². The molecule has 1 heterocycles. The van der Waals surface area contributed by atoms with Crippen LogP contribution >= 0.6 is 0 Å². The summed E-state index contributed by atoms with van der Waals surface area (Å²) in [5, 5.41) is 0. The van der Waals surface area contributed by atoms with Crippen LogP contribution in [0, 0.1) is 5.92 Å². The van der Waals surface area contributed by atoms with Gasteiger partial charge in [0.15, 0.2) is 0 Å². The first-order valence-electron chi connectivity index (χ1n) is 6.60. The summed E-state index contributed by atoms with van der Waals surface area (Å²) in [4.78, 5) is 6.72. The molecule has 0 saturated heterocycles. The van der Waals surface area contributed by atoms with E-state index in [0.717, 1.165) is 18.5 Å². The van der Waals surface area contributed by atoms with Crippen molar-refractivity contribution in [2.45, 2.75) is 45.7 Å². The Kier molecular flexibility index (Phi) is 4.00. The maximum absolute atomic E-state index is 5.91. The van der Waals surface area contributed by atoms with Crippen molar-refractivity contribution in [3.63, 3.8) is 0 Å². The van der Waals surface area contributed by atoms with Crippen LogP contribution in [-0.2, 0) is 6.54 Å². The predicted octanol–water partition coefficient (Wildman–Crippen LogP) is 2.67. The SMILES string of the molecule is CC(C)CCN(Cc1cccnc1N)C1CC1. The predicted molar refractivity (Wildman–Crippen MR) is 71.5 cm³/mol. The van der Waals surface area contributed by atoms with Gasteiger partial charge in [-0.3, -0.25) is 4.90 Å². The molecule has 2 N–H and O–H groups in total. The second kappa shape index (κ2) is 5.50. The fraction of sp³-hybridized carbons (Fsp3) is 0.643. The largest absolute Gasteiger partial charge is 0.383 e. The van der Waals surface area contributed by atoms with Crippen LogP contribution in [0.5, 0.6) is 0 Å². The van der Waals surface area contributed by atoms with Gasteiger partial charge in [0.2, 0.25) is 0 Å². The van der Waals surface area contributed by atoms with Crippen molar-refractivity contribution in [2.75, 3.05) is 12.3 Å². The fourth-order valence-electron chi connectivity index (χ4n) is 2.06. The summed E-state index contributed by atoms with van der Waals surface area (Å²) in [6.45, 7) is 6.70. The standard InChI is InChI=1S/C14H23N3/c1-11(2)7-9-17(13-5-6-13)10-12-4-3-8-16-14(12)15/h3-4,8,11,13H,5-7,9-10H2,1-2H3,(H2,15,16). The molecule has 0 spiro atoms. The minimum atomic E-state index is 0.683. The highest BCUT2D eigenvalue weighted by molar-refractivity contribution is 5.38. The van der Waals surface area contributed by atoms with E-state index in [-0.39, 0.29) is 0 Å². The highest BCUT2D eigenvalue weighted by Crippen LogP contribution is 2.29. The van der Waals surface area contributed by atoms with Gasteiger partial charge < -0.3 is 5.73 Å². The molecule has 3 nitrogen and oxygen atoms in total. The Bertz CT molecular complexity index is 358. The summed E-state index contributed by atoms with van der Waals surface area (Å²) in [5.41, 5.74) is 7.08. The molecule has 1 saturated carbocycles.